The highest BCUT2D eigenvalue weighted by molar-refractivity contribution is 5.78. The highest BCUT2D eigenvalue weighted by atomic mass is 16.2. The SMILES string of the molecule is C[C@@H](NC(=O)CN1CC[C@@H](c2ccccc2)C1)C1CC1. The topological polar surface area (TPSA) is 32.3 Å². The van der Waals surface area contributed by atoms with Gasteiger partial charge in [-0.15, -0.1) is 0 Å². The van der Waals surface area contributed by atoms with Crippen molar-refractivity contribution >= 4 is 5.91 Å². The zero-order chi connectivity index (χ0) is 13.9. The average Bonchev–Trinajstić information content (AvgIpc) is 3.21. The van der Waals surface area contributed by atoms with Crippen LogP contribution in [-0.4, -0.2) is 36.5 Å². The van der Waals surface area contributed by atoms with Crippen LogP contribution in [0.5, 0.6) is 0 Å². The van der Waals surface area contributed by atoms with Crippen molar-refractivity contribution < 1.29 is 4.79 Å². The maximum Gasteiger partial charge on any atom is 0.234 e. The van der Waals surface area contributed by atoms with Gasteiger partial charge in [0.1, 0.15) is 0 Å². The van der Waals surface area contributed by atoms with Crippen LogP contribution < -0.4 is 5.32 Å². The lowest BCUT2D eigenvalue weighted by Gasteiger charge is -2.18. The van der Waals surface area contributed by atoms with Gasteiger partial charge in [-0.2, -0.15) is 0 Å². The fourth-order valence-corrected chi connectivity index (χ4v) is 3.19. The molecule has 1 aliphatic carbocycles. The lowest BCUT2D eigenvalue weighted by atomic mass is 9.99. The Bertz CT molecular complexity index is 455. The van der Waals surface area contributed by atoms with Gasteiger partial charge in [-0.3, -0.25) is 9.69 Å². The smallest absolute Gasteiger partial charge is 0.234 e. The predicted molar refractivity (Wildman–Crippen MR) is 80.6 cm³/mol. The van der Waals surface area contributed by atoms with Crippen LogP contribution in [0.4, 0.5) is 0 Å². The van der Waals surface area contributed by atoms with Crippen LogP contribution in [0.1, 0.15) is 37.7 Å². The molecule has 108 valence electrons. The van der Waals surface area contributed by atoms with Crippen LogP contribution in [0, 0.1) is 5.92 Å². The fourth-order valence-electron chi connectivity index (χ4n) is 3.19. The van der Waals surface area contributed by atoms with E-state index >= 15 is 0 Å². The van der Waals surface area contributed by atoms with Crippen molar-refractivity contribution in [2.45, 2.75) is 38.1 Å². The molecule has 0 radical (unpaired) electrons. The van der Waals surface area contributed by atoms with Crippen molar-refractivity contribution in [1.82, 2.24) is 10.2 Å². The first-order chi connectivity index (χ1) is 9.72. The minimum atomic E-state index is 0.193. The van der Waals surface area contributed by atoms with E-state index in [4.69, 9.17) is 0 Å². The van der Waals surface area contributed by atoms with Crippen molar-refractivity contribution in [3.8, 4) is 0 Å². The van der Waals surface area contributed by atoms with Crippen LogP contribution in [0.15, 0.2) is 30.3 Å². The maximum atomic E-state index is 12.0. The van der Waals surface area contributed by atoms with E-state index in [1.165, 1.54) is 18.4 Å². The van der Waals surface area contributed by atoms with E-state index in [9.17, 15) is 4.79 Å². The first-order valence-electron chi connectivity index (χ1n) is 7.79. The number of amides is 1. The molecule has 0 aromatic heterocycles. The number of rotatable bonds is 5. The van der Waals surface area contributed by atoms with E-state index in [-0.39, 0.29) is 5.91 Å². The van der Waals surface area contributed by atoms with Gasteiger partial charge in [-0.25, -0.2) is 0 Å². The molecule has 1 heterocycles. The second-order valence-electron chi connectivity index (χ2n) is 6.33. The summed E-state index contributed by atoms with van der Waals surface area (Å²) in [5.41, 5.74) is 1.40. The quantitative estimate of drug-likeness (QED) is 0.892. The van der Waals surface area contributed by atoms with Gasteiger partial charge in [0.05, 0.1) is 6.54 Å². The molecule has 20 heavy (non-hydrogen) atoms. The molecule has 1 saturated carbocycles. The van der Waals surface area contributed by atoms with Gasteiger partial charge in [-0.05, 0) is 50.1 Å². The van der Waals surface area contributed by atoms with E-state index in [1.807, 2.05) is 0 Å². The third-order valence-corrected chi connectivity index (χ3v) is 4.63. The van der Waals surface area contributed by atoms with Crippen LogP contribution >= 0.6 is 0 Å². The van der Waals surface area contributed by atoms with Gasteiger partial charge in [-0.1, -0.05) is 30.3 Å². The molecule has 2 atom stereocenters. The van der Waals surface area contributed by atoms with E-state index in [0.717, 1.165) is 25.4 Å². The summed E-state index contributed by atoms with van der Waals surface area (Å²) in [4.78, 5) is 14.3. The van der Waals surface area contributed by atoms with Crippen molar-refractivity contribution in [3.63, 3.8) is 0 Å². The summed E-state index contributed by atoms with van der Waals surface area (Å²) in [7, 11) is 0. The molecule has 0 spiro atoms. The number of hydrogen-bond acceptors (Lipinski definition) is 2. The third-order valence-electron chi connectivity index (χ3n) is 4.63. The Balaban J connectivity index is 1.46. The summed E-state index contributed by atoms with van der Waals surface area (Å²) in [6.07, 6.45) is 3.72. The molecule has 0 unspecified atom stereocenters. The van der Waals surface area contributed by atoms with Crippen LogP contribution in [0.3, 0.4) is 0 Å². The van der Waals surface area contributed by atoms with Gasteiger partial charge in [0.25, 0.3) is 0 Å². The Morgan fingerprint density at radius 1 is 1.30 bits per heavy atom. The molecule has 2 fully saturated rings. The summed E-state index contributed by atoms with van der Waals surface area (Å²) in [6.45, 7) is 4.73. The van der Waals surface area contributed by atoms with Gasteiger partial charge >= 0.3 is 0 Å². The first kappa shape index (κ1) is 13.6. The summed E-state index contributed by atoms with van der Waals surface area (Å²) >= 11 is 0. The predicted octanol–water partition coefficient (Wildman–Crippen LogP) is 2.39. The lowest BCUT2D eigenvalue weighted by Crippen LogP contribution is -2.41. The molecule has 1 saturated heterocycles. The first-order valence-corrected chi connectivity index (χ1v) is 7.79. The molecule has 0 bridgehead atoms. The lowest BCUT2D eigenvalue weighted by molar-refractivity contribution is -0.122. The van der Waals surface area contributed by atoms with Crippen LogP contribution in [-0.2, 0) is 4.79 Å². The van der Waals surface area contributed by atoms with E-state index < -0.39 is 0 Å². The van der Waals surface area contributed by atoms with Crippen LogP contribution in [0.2, 0.25) is 0 Å². The fraction of sp³-hybridized carbons (Fsp3) is 0.588. The number of carbonyl (C=O) groups is 1. The summed E-state index contributed by atoms with van der Waals surface area (Å²) in [5, 5.41) is 3.14. The number of nitrogens with zero attached hydrogens (tertiary/aromatic N) is 1. The van der Waals surface area contributed by atoms with E-state index in [0.29, 0.717) is 18.5 Å². The summed E-state index contributed by atoms with van der Waals surface area (Å²) in [6, 6.07) is 11.0. The molecule has 1 N–H and O–H groups in total. The third kappa shape index (κ3) is 3.40. The molecule has 3 heteroatoms. The number of carbonyl (C=O) groups excluding carboxylic acids is 1. The highest BCUT2D eigenvalue weighted by Gasteiger charge is 2.30. The van der Waals surface area contributed by atoms with Crippen LogP contribution in [0.25, 0.3) is 0 Å². The molecule has 1 aliphatic heterocycles. The summed E-state index contributed by atoms with van der Waals surface area (Å²) in [5.74, 6) is 1.51. The zero-order valence-corrected chi connectivity index (χ0v) is 12.2. The number of likely N-dealkylation sites (tertiary alicyclic amines) is 1. The normalized spacial score (nSPS) is 24.6. The Hall–Kier alpha value is -1.35. The Morgan fingerprint density at radius 2 is 2.05 bits per heavy atom. The largest absolute Gasteiger partial charge is 0.352 e. The molecule has 1 aromatic carbocycles. The average molecular weight is 272 g/mol. The molecule has 1 amide bonds. The minimum Gasteiger partial charge on any atom is -0.352 e. The number of benzene rings is 1. The van der Waals surface area contributed by atoms with Gasteiger partial charge in [0, 0.05) is 12.6 Å². The number of hydrogen-bond donors (Lipinski definition) is 1. The van der Waals surface area contributed by atoms with Crippen molar-refractivity contribution in [3.05, 3.63) is 35.9 Å². The second kappa shape index (κ2) is 5.96. The second-order valence-corrected chi connectivity index (χ2v) is 6.33. The highest BCUT2D eigenvalue weighted by Crippen LogP contribution is 2.32. The van der Waals surface area contributed by atoms with Gasteiger partial charge in [0.2, 0.25) is 5.91 Å². The molecule has 1 aromatic rings. The van der Waals surface area contributed by atoms with Crippen molar-refractivity contribution in [2.75, 3.05) is 19.6 Å². The van der Waals surface area contributed by atoms with E-state index in [2.05, 4.69) is 47.5 Å². The zero-order valence-electron chi connectivity index (χ0n) is 12.2. The Labute approximate surface area is 121 Å². The Morgan fingerprint density at radius 3 is 2.75 bits per heavy atom. The Kier molecular flexibility index (Phi) is 4.06. The molecule has 3 nitrogen and oxygen atoms in total. The summed E-state index contributed by atoms with van der Waals surface area (Å²) < 4.78 is 0. The number of nitrogens with one attached hydrogen (secondary N) is 1. The molecular weight excluding hydrogens is 248 g/mol. The standard InChI is InChI=1S/C17H24N2O/c1-13(14-7-8-14)18-17(20)12-19-10-9-16(11-19)15-5-3-2-4-6-15/h2-6,13-14,16H,7-12H2,1H3,(H,18,20)/t13-,16-/m1/s1. The van der Waals surface area contributed by atoms with Crippen molar-refractivity contribution in [2.24, 2.45) is 5.92 Å². The van der Waals surface area contributed by atoms with Gasteiger partial charge in [0.15, 0.2) is 0 Å². The van der Waals surface area contributed by atoms with E-state index in [1.54, 1.807) is 0 Å². The monoisotopic (exact) mass is 272 g/mol. The minimum absolute atomic E-state index is 0.193. The molecule has 3 rings (SSSR count). The maximum absolute atomic E-state index is 12.0. The van der Waals surface area contributed by atoms with Gasteiger partial charge < -0.3 is 5.32 Å². The van der Waals surface area contributed by atoms with Crippen molar-refractivity contribution in [1.29, 1.82) is 0 Å². The molecular formula is C17H24N2O. The molecule has 2 aliphatic rings.